The van der Waals surface area contributed by atoms with Gasteiger partial charge in [-0.15, -0.1) is 22.7 Å². The Hall–Kier alpha value is -0.950. The number of amides is 1. The average Bonchev–Trinajstić information content (AvgIpc) is 3.01. The van der Waals surface area contributed by atoms with E-state index in [1.165, 1.54) is 22.7 Å². The number of thiophene rings is 1. The number of hydrogen-bond donors (Lipinski definition) is 1. The molecule has 0 aliphatic carbocycles. The van der Waals surface area contributed by atoms with E-state index in [4.69, 9.17) is 11.6 Å². The fourth-order valence-electron chi connectivity index (χ4n) is 1.68. The Morgan fingerprint density at radius 1 is 1.45 bits per heavy atom. The Kier molecular flexibility index (Phi) is 5.15. The van der Waals surface area contributed by atoms with Gasteiger partial charge < -0.3 is 10.2 Å². The molecule has 0 atom stereocenters. The molecule has 0 radical (unpaired) electrons. The number of nitrogens with zero attached hydrogens (tertiary/aromatic N) is 2. The van der Waals surface area contributed by atoms with Crippen LogP contribution in [-0.2, 0) is 0 Å². The van der Waals surface area contributed by atoms with Gasteiger partial charge >= 0.3 is 0 Å². The van der Waals surface area contributed by atoms with Gasteiger partial charge in [-0.25, -0.2) is 4.98 Å². The van der Waals surface area contributed by atoms with Crippen molar-refractivity contribution in [1.82, 2.24) is 15.2 Å². The van der Waals surface area contributed by atoms with Gasteiger partial charge in [-0.3, -0.25) is 4.79 Å². The molecule has 2 rings (SSSR count). The largest absolute Gasteiger partial charge is 0.340 e. The molecular formula is C13H16ClN3OS2. The van der Waals surface area contributed by atoms with Gasteiger partial charge in [0.2, 0.25) is 0 Å². The predicted octanol–water partition coefficient (Wildman–Crippen LogP) is 3.12. The van der Waals surface area contributed by atoms with E-state index in [0.717, 1.165) is 26.5 Å². The maximum absolute atomic E-state index is 12.4. The summed E-state index contributed by atoms with van der Waals surface area (Å²) >= 11 is 8.84. The second kappa shape index (κ2) is 6.67. The minimum absolute atomic E-state index is 0.0177. The number of aryl methyl sites for hydroxylation is 1. The molecule has 2 aromatic heterocycles. The topological polar surface area (TPSA) is 45.2 Å². The third-order valence-corrected chi connectivity index (χ3v) is 5.36. The van der Waals surface area contributed by atoms with Crippen LogP contribution in [0.3, 0.4) is 0 Å². The molecule has 0 spiro atoms. The van der Waals surface area contributed by atoms with E-state index in [9.17, 15) is 4.79 Å². The van der Waals surface area contributed by atoms with Gasteiger partial charge in [0.05, 0.1) is 14.9 Å². The van der Waals surface area contributed by atoms with Gasteiger partial charge in [0, 0.05) is 20.1 Å². The van der Waals surface area contributed by atoms with Crippen LogP contribution in [0.25, 0.3) is 9.88 Å². The standard InChI is InChI=1S/C13H16ClN3OS2/c1-8-11(13(18)17(3)7-6-15-2)20-12(16-8)9-4-5-10(14)19-9/h4-5,15H,6-7H2,1-3H3. The molecule has 0 aliphatic heterocycles. The first-order chi connectivity index (χ1) is 9.52. The molecule has 0 bridgehead atoms. The lowest BCUT2D eigenvalue weighted by atomic mass is 10.3. The summed E-state index contributed by atoms with van der Waals surface area (Å²) in [5.74, 6) is 0.0177. The van der Waals surface area contributed by atoms with Gasteiger partial charge in [0.25, 0.3) is 5.91 Å². The highest BCUT2D eigenvalue weighted by atomic mass is 35.5. The Bertz CT molecular complexity index is 609. The van der Waals surface area contributed by atoms with Crippen molar-refractivity contribution < 1.29 is 4.79 Å². The van der Waals surface area contributed by atoms with Gasteiger partial charge in [-0.2, -0.15) is 0 Å². The van der Waals surface area contributed by atoms with E-state index in [1.54, 1.807) is 11.9 Å². The van der Waals surface area contributed by atoms with Crippen molar-refractivity contribution in [2.24, 2.45) is 0 Å². The Morgan fingerprint density at radius 2 is 2.20 bits per heavy atom. The summed E-state index contributed by atoms with van der Waals surface area (Å²) in [5.41, 5.74) is 0.774. The highest BCUT2D eigenvalue weighted by Crippen LogP contribution is 2.35. The molecule has 1 amide bonds. The zero-order chi connectivity index (χ0) is 14.7. The van der Waals surface area contributed by atoms with Crippen LogP contribution >= 0.6 is 34.3 Å². The minimum Gasteiger partial charge on any atom is -0.340 e. The second-order valence-electron chi connectivity index (χ2n) is 4.37. The van der Waals surface area contributed by atoms with Crippen LogP contribution in [0.1, 0.15) is 15.4 Å². The van der Waals surface area contributed by atoms with Gasteiger partial charge in [0.1, 0.15) is 9.88 Å². The number of aromatic nitrogens is 1. The third-order valence-electron chi connectivity index (χ3n) is 2.82. The predicted molar refractivity (Wildman–Crippen MR) is 86.1 cm³/mol. The molecule has 2 aromatic rings. The maximum Gasteiger partial charge on any atom is 0.265 e. The zero-order valence-electron chi connectivity index (χ0n) is 11.6. The number of hydrogen-bond acceptors (Lipinski definition) is 5. The van der Waals surface area contributed by atoms with Crippen LogP contribution in [0.2, 0.25) is 4.34 Å². The van der Waals surface area contributed by atoms with Gasteiger partial charge in [0.15, 0.2) is 0 Å². The lowest BCUT2D eigenvalue weighted by molar-refractivity contribution is 0.0800. The van der Waals surface area contributed by atoms with E-state index >= 15 is 0 Å². The van der Waals surface area contributed by atoms with Crippen molar-refractivity contribution in [1.29, 1.82) is 0 Å². The van der Waals surface area contributed by atoms with Gasteiger partial charge in [-0.05, 0) is 26.1 Å². The van der Waals surface area contributed by atoms with Crippen molar-refractivity contribution >= 4 is 40.2 Å². The van der Waals surface area contributed by atoms with Crippen molar-refractivity contribution in [3.8, 4) is 9.88 Å². The number of carbonyl (C=O) groups excluding carboxylic acids is 1. The number of rotatable bonds is 5. The molecule has 0 unspecified atom stereocenters. The van der Waals surface area contributed by atoms with Crippen LogP contribution in [0.5, 0.6) is 0 Å². The summed E-state index contributed by atoms with van der Waals surface area (Å²) in [6.07, 6.45) is 0. The van der Waals surface area contributed by atoms with Crippen LogP contribution in [-0.4, -0.2) is 43.0 Å². The molecule has 4 nitrogen and oxygen atoms in total. The molecule has 1 N–H and O–H groups in total. The van der Waals surface area contributed by atoms with Gasteiger partial charge in [-0.1, -0.05) is 11.6 Å². The van der Waals surface area contributed by atoms with E-state index in [-0.39, 0.29) is 5.91 Å². The fraction of sp³-hybridized carbons (Fsp3) is 0.385. The number of halogens is 1. The van der Waals surface area contributed by atoms with E-state index in [2.05, 4.69) is 10.3 Å². The summed E-state index contributed by atoms with van der Waals surface area (Å²) in [6.45, 7) is 3.31. The first-order valence-electron chi connectivity index (χ1n) is 6.16. The minimum atomic E-state index is 0.0177. The monoisotopic (exact) mass is 329 g/mol. The highest BCUT2D eigenvalue weighted by Gasteiger charge is 2.19. The summed E-state index contributed by atoms with van der Waals surface area (Å²) in [6, 6.07) is 3.78. The number of nitrogens with one attached hydrogen (secondary N) is 1. The Morgan fingerprint density at radius 3 is 2.80 bits per heavy atom. The zero-order valence-corrected chi connectivity index (χ0v) is 14.0. The summed E-state index contributed by atoms with van der Waals surface area (Å²) < 4.78 is 0.729. The molecule has 2 heterocycles. The maximum atomic E-state index is 12.4. The number of likely N-dealkylation sites (N-methyl/N-ethyl adjacent to an activating group) is 2. The molecule has 7 heteroatoms. The lowest BCUT2D eigenvalue weighted by Crippen LogP contribution is -2.32. The molecule has 0 saturated carbocycles. The third kappa shape index (κ3) is 3.38. The van der Waals surface area contributed by atoms with E-state index < -0.39 is 0 Å². The molecule has 20 heavy (non-hydrogen) atoms. The molecular weight excluding hydrogens is 314 g/mol. The number of thiazole rings is 1. The molecule has 0 aliphatic rings. The van der Waals surface area contributed by atoms with Crippen LogP contribution in [0, 0.1) is 6.92 Å². The number of carbonyl (C=O) groups is 1. The first-order valence-corrected chi connectivity index (χ1v) is 8.17. The Labute approximate surface area is 131 Å². The molecule has 108 valence electrons. The highest BCUT2D eigenvalue weighted by molar-refractivity contribution is 7.24. The fourth-order valence-corrected chi connectivity index (χ4v) is 3.84. The van der Waals surface area contributed by atoms with Crippen LogP contribution < -0.4 is 5.32 Å². The lowest BCUT2D eigenvalue weighted by Gasteiger charge is -2.15. The van der Waals surface area contributed by atoms with E-state index in [0.29, 0.717) is 11.4 Å². The van der Waals surface area contributed by atoms with Crippen molar-refractivity contribution in [2.45, 2.75) is 6.92 Å². The van der Waals surface area contributed by atoms with Crippen LogP contribution in [0.15, 0.2) is 12.1 Å². The van der Waals surface area contributed by atoms with E-state index in [1.807, 2.05) is 26.1 Å². The van der Waals surface area contributed by atoms with Crippen LogP contribution in [0.4, 0.5) is 0 Å². The normalized spacial score (nSPS) is 10.8. The van der Waals surface area contributed by atoms with Crippen molar-refractivity contribution in [3.05, 3.63) is 27.0 Å². The SMILES string of the molecule is CNCCN(C)C(=O)c1sc(-c2ccc(Cl)s2)nc1C. The summed E-state index contributed by atoms with van der Waals surface area (Å²) in [7, 11) is 3.68. The second-order valence-corrected chi connectivity index (χ2v) is 7.08. The quantitative estimate of drug-likeness (QED) is 0.916. The molecule has 0 aromatic carbocycles. The average molecular weight is 330 g/mol. The molecule has 0 fully saturated rings. The molecule has 0 saturated heterocycles. The van der Waals surface area contributed by atoms with Crippen molar-refractivity contribution in [3.63, 3.8) is 0 Å². The Balaban J connectivity index is 2.21. The smallest absolute Gasteiger partial charge is 0.265 e. The summed E-state index contributed by atoms with van der Waals surface area (Å²) in [4.78, 5) is 20.3. The summed E-state index contributed by atoms with van der Waals surface area (Å²) in [5, 5.41) is 3.89. The van der Waals surface area contributed by atoms with Crippen molar-refractivity contribution in [2.75, 3.05) is 27.2 Å². The first kappa shape index (κ1) is 15.4.